The molecule has 2 aromatic heterocycles. The van der Waals surface area contributed by atoms with E-state index in [0.29, 0.717) is 37.0 Å². The smallest absolute Gasteiger partial charge is 0.163 e. The van der Waals surface area contributed by atoms with Crippen molar-refractivity contribution in [3.63, 3.8) is 0 Å². The third-order valence-electron chi connectivity index (χ3n) is 7.94. The fraction of sp³-hybridized carbons (Fsp3) is 0.567. The third kappa shape index (κ3) is 6.24. The van der Waals surface area contributed by atoms with Crippen molar-refractivity contribution >= 4 is 16.6 Å². The number of furan rings is 1. The minimum Gasteiger partial charge on any atom is -0.493 e. The predicted molar refractivity (Wildman–Crippen MR) is 150 cm³/mol. The zero-order valence-electron chi connectivity index (χ0n) is 23.2. The molecule has 38 heavy (non-hydrogen) atoms. The van der Waals surface area contributed by atoms with Crippen molar-refractivity contribution in [3.05, 3.63) is 36.1 Å². The first-order chi connectivity index (χ1) is 18.4. The first-order valence-corrected chi connectivity index (χ1v) is 13.9. The molecule has 5 rings (SSSR count). The second kappa shape index (κ2) is 11.9. The molecule has 0 amide bonds. The van der Waals surface area contributed by atoms with Crippen molar-refractivity contribution < 1.29 is 18.3 Å². The number of aromatic nitrogens is 1. The van der Waals surface area contributed by atoms with Crippen molar-refractivity contribution in [2.45, 2.75) is 38.8 Å². The lowest BCUT2D eigenvalue weighted by molar-refractivity contribution is 0.222. The molecule has 2 saturated heterocycles. The molecule has 2 aliphatic heterocycles. The van der Waals surface area contributed by atoms with Gasteiger partial charge in [0.25, 0.3) is 0 Å². The molecule has 0 saturated carbocycles. The van der Waals surface area contributed by atoms with E-state index < -0.39 is 6.17 Å². The molecule has 1 unspecified atom stereocenters. The van der Waals surface area contributed by atoms with Crippen molar-refractivity contribution in [1.29, 1.82) is 0 Å². The molecule has 0 radical (unpaired) electrons. The standard InChI is InChI=1S/C30H41FN4O3/c1-21-6-7-28(38-21)26-17-27(34(3)19-22-8-12-33(2)13-9-22)24-16-29(36-4)30(18-25(24)32-26)37-15-5-11-35-14-10-23(31)20-35/h6-7,16-18,22-23H,5,8-15,19-20H2,1-4H3. The van der Waals surface area contributed by atoms with Crippen LogP contribution >= 0.6 is 0 Å². The number of rotatable bonds is 10. The maximum Gasteiger partial charge on any atom is 0.163 e. The first-order valence-electron chi connectivity index (χ1n) is 13.9. The maximum atomic E-state index is 13.5. The number of aryl methyl sites for hydroxylation is 1. The zero-order valence-corrected chi connectivity index (χ0v) is 23.2. The van der Waals surface area contributed by atoms with E-state index in [0.717, 1.165) is 72.9 Å². The van der Waals surface area contributed by atoms with Crippen LogP contribution in [0.15, 0.2) is 34.7 Å². The Morgan fingerprint density at radius 2 is 1.92 bits per heavy atom. The SMILES string of the molecule is COc1cc2c(N(C)CC3CCN(C)CC3)cc(-c3ccc(C)o3)nc2cc1OCCCN1CCC(F)C1. The number of piperidine rings is 1. The Morgan fingerprint density at radius 3 is 2.61 bits per heavy atom. The summed E-state index contributed by atoms with van der Waals surface area (Å²) in [5.74, 6) is 3.64. The summed E-state index contributed by atoms with van der Waals surface area (Å²) in [5, 5.41) is 1.03. The van der Waals surface area contributed by atoms with Crippen LogP contribution in [0.3, 0.4) is 0 Å². The molecule has 1 aromatic carbocycles. The minimum absolute atomic E-state index is 0.534. The largest absolute Gasteiger partial charge is 0.493 e. The quantitative estimate of drug-likeness (QED) is 0.329. The van der Waals surface area contributed by atoms with Crippen molar-refractivity contribution in [1.82, 2.24) is 14.8 Å². The van der Waals surface area contributed by atoms with Crippen LogP contribution in [0.2, 0.25) is 0 Å². The van der Waals surface area contributed by atoms with Gasteiger partial charge in [-0.3, -0.25) is 0 Å². The number of methoxy groups -OCH3 is 1. The summed E-state index contributed by atoms with van der Waals surface area (Å²) >= 11 is 0. The Bertz CT molecular complexity index is 1220. The molecule has 206 valence electrons. The molecule has 0 bridgehead atoms. The number of hydrogen-bond donors (Lipinski definition) is 0. The van der Waals surface area contributed by atoms with Gasteiger partial charge in [0.1, 0.15) is 17.6 Å². The number of anilines is 1. The van der Waals surface area contributed by atoms with E-state index in [4.69, 9.17) is 18.9 Å². The van der Waals surface area contributed by atoms with Crippen LogP contribution in [0, 0.1) is 12.8 Å². The lowest BCUT2D eigenvalue weighted by Gasteiger charge is -2.33. The Hall–Kier alpha value is -2.84. The molecular formula is C30H41FN4O3. The van der Waals surface area contributed by atoms with Gasteiger partial charge in [-0.05, 0) is 82.9 Å². The van der Waals surface area contributed by atoms with Crippen molar-refractivity contribution in [2.24, 2.45) is 5.92 Å². The van der Waals surface area contributed by atoms with Crippen LogP contribution in [0.25, 0.3) is 22.4 Å². The summed E-state index contributed by atoms with van der Waals surface area (Å²) in [6.07, 6.45) is 3.19. The molecule has 0 aliphatic carbocycles. The molecule has 4 heterocycles. The number of likely N-dealkylation sites (tertiary alicyclic amines) is 2. The molecular weight excluding hydrogens is 483 g/mol. The minimum atomic E-state index is -0.693. The van der Waals surface area contributed by atoms with E-state index in [-0.39, 0.29) is 0 Å². The summed E-state index contributed by atoms with van der Waals surface area (Å²) < 4.78 is 31.4. The van der Waals surface area contributed by atoms with Crippen LogP contribution in [0.5, 0.6) is 11.5 Å². The zero-order chi connectivity index (χ0) is 26.6. The van der Waals surface area contributed by atoms with Gasteiger partial charge in [-0.1, -0.05) is 0 Å². The van der Waals surface area contributed by atoms with E-state index >= 15 is 0 Å². The number of halogens is 1. The topological polar surface area (TPSA) is 54.2 Å². The van der Waals surface area contributed by atoms with Crippen LogP contribution in [0.1, 0.15) is 31.4 Å². The molecule has 0 N–H and O–H groups in total. The van der Waals surface area contributed by atoms with Crippen molar-refractivity contribution in [2.75, 3.05) is 72.0 Å². The number of nitrogens with zero attached hydrogens (tertiary/aromatic N) is 4. The molecule has 0 spiro atoms. The average molecular weight is 525 g/mol. The van der Waals surface area contributed by atoms with E-state index in [2.05, 4.69) is 34.9 Å². The number of pyridine rings is 1. The van der Waals surface area contributed by atoms with Gasteiger partial charge in [-0.25, -0.2) is 9.37 Å². The highest BCUT2D eigenvalue weighted by Crippen LogP contribution is 2.39. The average Bonchev–Trinajstić information content (AvgIpc) is 3.54. The third-order valence-corrected chi connectivity index (χ3v) is 7.94. The van der Waals surface area contributed by atoms with Gasteiger partial charge in [0.2, 0.25) is 0 Å². The molecule has 7 nitrogen and oxygen atoms in total. The summed E-state index contributed by atoms with van der Waals surface area (Å²) in [6, 6.07) is 10.1. The molecule has 1 atom stereocenters. The van der Waals surface area contributed by atoms with Gasteiger partial charge in [-0.2, -0.15) is 0 Å². The summed E-state index contributed by atoms with van der Waals surface area (Å²) in [6.45, 7) is 7.96. The molecule has 3 aromatic rings. The highest BCUT2D eigenvalue weighted by molar-refractivity contribution is 5.96. The second-order valence-corrected chi connectivity index (χ2v) is 11.0. The lowest BCUT2D eigenvalue weighted by atomic mass is 9.96. The number of benzene rings is 1. The van der Waals surface area contributed by atoms with E-state index in [9.17, 15) is 4.39 Å². The fourth-order valence-electron chi connectivity index (χ4n) is 5.69. The van der Waals surface area contributed by atoms with Crippen LogP contribution in [0.4, 0.5) is 10.1 Å². The van der Waals surface area contributed by atoms with Gasteiger partial charge < -0.3 is 28.6 Å². The maximum absolute atomic E-state index is 13.5. The van der Waals surface area contributed by atoms with Gasteiger partial charge >= 0.3 is 0 Å². The fourth-order valence-corrected chi connectivity index (χ4v) is 5.69. The van der Waals surface area contributed by atoms with Gasteiger partial charge in [0, 0.05) is 50.4 Å². The highest BCUT2D eigenvalue weighted by atomic mass is 19.1. The Morgan fingerprint density at radius 1 is 1.11 bits per heavy atom. The Kier molecular flexibility index (Phi) is 8.39. The molecule has 2 aliphatic rings. The van der Waals surface area contributed by atoms with E-state index in [1.165, 1.54) is 12.8 Å². The van der Waals surface area contributed by atoms with Crippen LogP contribution in [-0.2, 0) is 0 Å². The number of alkyl halides is 1. The van der Waals surface area contributed by atoms with Crippen LogP contribution in [-0.4, -0.2) is 88.0 Å². The summed E-state index contributed by atoms with van der Waals surface area (Å²) in [7, 11) is 6.04. The number of fused-ring (bicyclic) bond motifs is 1. The summed E-state index contributed by atoms with van der Waals surface area (Å²) in [4.78, 5) is 11.9. The van der Waals surface area contributed by atoms with Gasteiger partial charge in [0.15, 0.2) is 17.3 Å². The number of ether oxygens (including phenoxy) is 2. The predicted octanol–water partition coefficient (Wildman–Crippen LogP) is 5.40. The van der Waals surface area contributed by atoms with E-state index in [1.54, 1.807) is 7.11 Å². The first kappa shape index (κ1) is 26.8. The summed E-state index contributed by atoms with van der Waals surface area (Å²) in [5.41, 5.74) is 2.76. The Labute approximate surface area is 225 Å². The highest BCUT2D eigenvalue weighted by Gasteiger charge is 2.23. The molecule has 2 fully saturated rings. The lowest BCUT2D eigenvalue weighted by Crippen LogP contribution is -2.35. The van der Waals surface area contributed by atoms with E-state index in [1.807, 2.05) is 31.2 Å². The van der Waals surface area contributed by atoms with Crippen LogP contribution < -0.4 is 14.4 Å². The monoisotopic (exact) mass is 524 g/mol. The molecule has 8 heteroatoms. The normalized spacial score (nSPS) is 19.3. The second-order valence-electron chi connectivity index (χ2n) is 11.0. The van der Waals surface area contributed by atoms with Crippen molar-refractivity contribution in [3.8, 4) is 23.0 Å². The Balaban J connectivity index is 1.41. The van der Waals surface area contributed by atoms with Gasteiger partial charge in [0.05, 0.1) is 19.2 Å². The van der Waals surface area contributed by atoms with Gasteiger partial charge in [-0.15, -0.1) is 0 Å². The number of hydrogen-bond acceptors (Lipinski definition) is 7.